The Labute approximate surface area is 200 Å². The number of carbonyl (C=O) groups excluding carboxylic acids is 2. The Kier molecular flexibility index (Phi) is 10.3. The largest absolute Gasteiger partial charge is 0.481 e. The van der Waals surface area contributed by atoms with Gasteiger partial charge in [-0.2, -0.15) is 0 Å². The number of Topliss-reactive ketones (excluding diaryl/α,β-unsaturated/α-hetero) is 2. The first-order valence-electron chi connectivity index (χ1n) is 13.1. The van der Waals surface area contributed by atoms with Crippen LogP contribution in [0.4, 0.5) is 0 Å². The summed E-state index contributed by atoms with van der Waals surface area (Å²) in [6.07, 6.45) is 14.8. The zero-order valence-electron chi connectivity index (χ0n) is 21.3. The number of ketones is 2. The Morgan fingerprint density at radius 2 is 1.27 bits per heavy atom. The smallest absolute Gasteiger partial charge is 0.309 e. The van der Waals surface area contributed by atoms with Gasteiger partial charge in [-0.25, -0.2) is 0 Å². The predicted molar refractivity (Wildman–Crippen MR) is 131 cm³/mol. The Bertz CT molecular complexity index is 705. The number of hydrogen-bond donors (Lipinski definition) is 2. The molecule has 2 saturated carbocycles. The molecule has 0 amide bonds. The molecule has 2 aliphatic rings. The summed E-state index contributed by atoms with van der Waals surface area (Å²) in [5.41, 5.74) is -0.738. The van der Waals surface area contributed by atoms with Crippen molar-refractivity contribution in [2.24, 2.45) is 34.5 Å². The molecule has 0 bridgehead atoms. The first-order valence-corrected chi connectivity index (χ1v) is 13.1. The molecule has 2 aliphatic carbocycles. The molecule has 5 heteroatoms. The second-order valence-electron chi connectivity index (χ2n) is 12.0. The molecule has 0 spiro atoms. The Morgan fingerprint density at radius 1 is 0.818 bits per heavy atom. The van der Waals surface area contributed by atoms with Gasteiger partial charge in [-0.15, -0.1) is 0 Å². The van der Waals surface area contributed by atoms with Crippen molar-refractivity contribution in [1.29, 1.82) is 0 Å². The topological polar surface area (TPSA) is 91.7 Å². The molecule has 2 rings (SSSR count). The highest BCUT2D eigenvalue weighted by molar-refractivity contribution is 5.88. The number of unbranched alkanes of at least 4 members (excludes halogenated alkanes) is 2. The highest BCUT2D eigenvalue weighted by atomic mass is 16.4. The molecule has 4 atom stereocenters. The molecule has 0 aromatic heterocycles. The maximum Gasteiger partial charge on any atom is 0.309 e. The molecule has 2 N–H and O–H groups in total. The fourth-order valence-corrected chi connectivity index (χ4v) is 5.30. The van der Waals surface area contributed by atoms with Crippen LogP contribution in [-0.2, 0) is 14.4 Å². The van der Waals surface area contributed by atoms with E-state index in [1.807, 2.05) is 12.2 Å². The van der Waals surface area contributed by atoms with Crippen molar-refractivity contribution in [3.63, 3.8) is 0 Å². The van der Waals surface area contributed by atoms with Crippen molar-refractivity contribution in [3.05, 3.63) is 12.2 Å². The van der Waals surface area contributed by atoms with Crippen LogP contribution in [0.5, 0.6) is 0 Å². The molecule has 0 saturated heterocycles. The maximum absolute atomic E-state index is 12.8. The zero-order chi connectivity index (χ0) is 24.6. The SMILES string of the molecule is CC(C)(CO)CCCCC1CCC(/C=C/C2CCC(CCCCC(C)(C)C(=O)O)C2=O)C1=O. The van der Waals surface area contributed by atoms with Crippen LogP contribution in [0.25, 0.3) is 0 Å². The van der Waals surface area contributed by atoms with Crippen molar-refractivity contribution in [2.75, 3.05) is 6.61 Å². The quantitative estimate of drug-likeness (QED) is 0.245. The van der Waals surface area contributed by atoms with Crippen LogP contribution in [0.3, 0.4) is 0 Å². The zero-order valence-corrected chi connectivity index (χ0v) is 21.3. The first-order chi connectivity index (χ1) is 15.5. The average Bonchev–Trinajstić information content (AvgIpc) is 3.29. The van der Waals surface area contributed by atoms with E-state index in [0.717, 1.165) is 70.6 Å². The molecule has 2 fully saturated rings. The molecule has 33 heavy (non-hydrogen) atoms. The van der Waals surface area contributed by atoms with Gasteiger partial charge >= 0.3 is 5.97 Å². The van der Waals surface area contributed by atoms with Crippen molar-refractivity contribution >= 4 is 17.5 Å². The van der Waals surface area contributed by atoms with Gasteiger partial charge in [-0.3, -0.25) is 14.4 Å². The molecule has 0 aromatic carbocycles. The minimum atomic E-state index is -0.765. The minimum absolute atomic E-state index is 0.0333. The maximum atomic E-state index is 12.8. The molecular weight excluding hydrogens is 416 g/mol. The Balaban J connectivity index is 1.70. The van der Waals surface area contributed by atoms with Crippen LogP contribution in [0.15, 0.2) is 12.2 Å². The number of aliphatic carboxylic acids is 1. The molecule has 188 valence electrons. The normalized spacial score (nSPS) is 26.6. The summed E-state index contributed by atoms with van der Waals surface area (Å²) in [6.45, 7) is 7.85. The number of rotatable bonds is 14. The molecule has 5 nitrogen and oxygen atoms in total. The minimum Gasteiger partial charge on any atom is -0.481 e. The monoisotopic (exact) mass is 462 g/mol. The molecule has 0 aliphatic heterocycles. The van der Waals surface area contributed by atoms with Crippen molar-refractivity contribution in [2.45, 2.75) is 105 Å². The predicted octanol–water partition coefficient (Wildman–Crippen LogP) is 5.98. The standard InChI is InChI=1S/C28H46O5/c1-27(2,19-29)17-7-5-9-20-11-13-22(24(20)30)15-16-23-14-12-21(25(23)31)10-6-8-18-28(3,4)26(32)33/h15-16,20-23,29H,5-14,17-19H2,1-4H3,(H,32,33)/b16-15+. The van der Waals surface area contributed by atoms with E-state index < -0.39 is 11.4 Å². The molecule has 4 unspecified atom stereocenters. The van der Waals surface area contributed by atoms with Gasteiger partial charge in [-0.05, 0) is 70.6 Å². The van der Waals surface area contributed by atoms with Gasteiger partial charge in [0.15, 0.2) is 0 Å². The second-order valence-corrected chi connectivity index (χ2v) is 12.0. The van der Waals surface area contributed by atoms with Crippen LogP contribution < -0.4 is 0 Å². The number of aliphatic hydroxyl groups excluding tert-OH is 1. The number of aliphatic hydroxyl groups is 1. The number of carboxylic acids is 1. The third-order valence-electron chi connectivity index (χ3n) is 8.03. The van der Waals surface area contributed by atoms with Gasteiger partial charge in [0.25, 0.3) is 0 Å². The van der Waals surface area contributed by atoms with Crippen LogP contribution in [0, 0.1) is 34.5 Å². The van der Waals surface area contributed by atoms with Crippen LogP contribution in [-0.4, -0.2) is 34.4 Å². The average molecular weight is 463 g/mol. The Hall–Kier alpha value is -1.49. The van der Waals surface area contributed by atoms with Crippen LogP contribution in [0.1, 0.15) is 105 Å². The highest BCUT2D eigenvalue weighted by Crippen LogP contribution is 2.36. The molecule has 0 radical (unpaired) electrons. The summed E-state index contributed by atoms with van der Waals surface area (Å²) in [5.74, 6) is 0.0284. The lowest BCUT2D eigenvalue weighted by molar-refractivity contribution is -0.147. The van der Waals surface area contributed by atoms with Gasteiger partial charge in [0.2, 0.25) is 0 Å². The fraction of sp³-hybridized carbons (Fsp3) is 0.821. The van der Waals surface area contributed by atoms with E-state index in [1.165, 1.54) is 0 Å². The fourth-order valence-electron chi connectivity index (χ4n) is 5.30. The summed E-state index contributed by atoms with van der Waals surface area (Å²) in [6, 6.07) is 0. The summed E-state index contributed by atoms with van der Waals surface area (Å²) < 4.78 is 0. The number of allylic oxidation sites excluding steroid dienone is 2. The van der Waals surface area contributed by atoms with E-state index in [-0.39, 0.29) is 35.7 Å². The van der Waals surface area contributed by atoms with E-state index in [9.17, 15) is 24.6 Å². The molecular formula is C28H46O5. The van der Waals surface area contributed by atoms with E-state index in [2.05, 4.69) is 13.8 Å². The van der Waals surface area contributed by atoms with Gasteiger partial charge in [-0.1, -0.05) is 51.7 Å². The van der Waals surface area contributed by atoms with Crippen molar-refractivity contribution in [3.8, 4) is 0 Å². The van der Waals surface area contributed by atoms with E-state index in [0.29, 0.717) is 18.0 Å². The number of carbonyl (C=O) groups is 3. The molecule has 0 heterocycles. The van der Waals surface area contributed by atoms with Crippen molar-refractivity contribution in [1.82, 2.24) is 0 Å². The van der Waals surface area contributed by atoms with Crippen molar-refractivity contribution < 1.29 is 24.6 Å². The summed E-state index contributed by atoms with van der Waals surface area (Å²) in [5, 5.41) is 18.6. The second kappa shape index (κ2) is 12.3. The third-order valence-corrected chi connectivity index (χ3v) is 8.03. The summed E-state index contributed by atoms with van der Waals surface area (Å²) in [7, 11) is 0. The molecule has 0 aromatic rings. The van der Waals surface area contributed by atoms with E-state index in [4.69, 9.17) is 0 Å². The summed E-state index contributed by atoms with van der Waals surface area (Å²) in [4.78, 5) is 36.8. The lowest BCUT2D eigenvalue weighted by Gasteiger charge is -2.21. The van der Waals surface area contributed by atoms with Gasteiger partial charge < -0.3 is 10.2 Å². The van der Waals surface area contributed by atoms with Gasteiger partial charge in [0.05, 0.1) is 5.41 Å². The van der Waals surface area contributed by atoms with E-state index >= 15 is 0 Å². The van der Waals surface area contributed by atoms with Crippen LogP contribution in [0.2, 0.25) is 0 Å². The van der Waals surface area contributed by atoms with Crippen LogP contribution >= 0.6 is 0 Å². The number of carboxylic acid groups (broad SMARTS) is 1. The lowest BCUT2D eigenvalue weighted by Crippen LogP contribution is -2.23. The van der Waals surface area contributed by atoms with Gasteiger partial charge in [0.1, 0.15) is 11.6 Å². The van der Waals surface area contributed by atoms with Gasteiger partial charge in [0, 0.05) is 30.3 Å². The number of hydrogen-bond acceptors (Lipinski definition) is 4. The summed E-state index contributed by atoms with van der Waals surface area (Å²) >= 11 is 0. The lowest BCUT2D eigenvalue weighted by atomic mass is 9.86. The Morgan fingerprint density at radius 3 is 1.70 bits per heavy atom. The first kappa shape index (κ1) is 27.8. The van der Waals surface area contributed by atoms with E-state index in [1.54, 1.807) is 13.8 Å². The third kappa shape index (κ3) is 8.35. The highest BCUT2D eigenvalue weighted by Gasteiger charge is 2.35.